The molecular formula is C15H25NOS. The maximum atomic E-state index is 5.54. The molecule has 1 aliphatic heterocycles. The minimum atomic E-state index is 0.141. The predicted octanol–water partition coefficient (Wildman–Crippen LogP) is 4.24. The molecule has 3 heteroatoms. The van der Waals surface area contributed by atoms with Crippen LogP contribution in [0.1, 0.15) is 69.5 Å². The predicted molar refractivity (Wildman–Crippen MR) is 77.7 cm³/mol. The van der Waals surface area contributed by atoms with E-state index in [9.17, 15) is 0 Å². The molecule has 1 aromatic heterocycles. The van der Waals surface area contributed by atoms with Gasteiger partial charge in [0, 0.05) is 22.8 Å². The molecule has 2 heterocycles. The summed E-state index contributed by atoms with van der Waals surface area (Å²) in [5.41, 5.74) is 1.62. The highest BCUT2D eigenvalue weighted by Gasteiger charge is 2.32. The third kappa shape index (κ3) is 2.77. The molecule has 0 saturated carbocycles. The van der Waals surface area contributed by atoms with Gasteiger partial charge in [-0.3, -0.25) is 0 Å². The summed E-state index contributed by atoms with van der Waals surface area (Å²) in [7, 11) is 0. The van der Waals surface area contributed by atoms with Crippen LogP contribution in [0.15, 0.2) is 0 Å². The van der Waals surface area contributed by atoms with Crippen molar-refractivity contribution >= 4 is 11.3 Å². The zero-order valence-electron chi connectivity index (χ0n) is 12.5. The number of hydrogen-bond donors (Lipinski definition) is 0. The first-order chi connectivity index (χ1) is 8.19. The van der Waals surface area contributed by atoms with Gasteiger partial charge in [0.15, 0.2) is 0 Å². The smallest absolute Gasteiger partial charge is 0.0984 e. The van der Waals surface area contributed by atoms with Crippen molar-refractivity contribution in [2.75, 3.05) is 13.2 Å². The third-order valence-corrected chi connectivity index (χ3v) is 5.22. The van der Waals surface area contributed by atoms with E-state index in [1.54, 1.807) is 0 Å². The second kappa shape index (κ2) is 4.61. The normalized spacial score (nSPS) is 21.6. The Morgan fingerprint density at radius 1 is 1.11 bits per heavy atom. The number of hydrogen-bond acceptors (Lipinski definition) is 3. The highest BCUT2D eigenvalue weighted by Crippen LogP contribution is 2.41. The Balaban J connectivity index is 2.45. The summed E-state index contributed by atoms with van der Waals surface area (Å²) in [6.07, 6.45) is 1.12. The van der Waals surface area contributed by atoms with Crippen molar-refractivity contribution in [2.45, 2.75) is 64.7 Å². The Hall–Kier alpha value is -0.410. The van der Waals surface area contributed by atoms with Crippen molar-refractivity contribution in [3.8, 4) is 0 Å². The molecule has 0 N–H and O–H groups in total. The summed E-state index contributed by atoms with van der Waals surface area (Å²) in [5.74, 6) is 0.506. The lowest BCUT2D eigenvalue weighted by Gasteiger charge is -2.19. The average Bonchev–Trinajstić information content (AvgIpc) is 2.84. The third-order valence-electron chi connectivity index (χ3n) is 3.29. The van der Waals surface area contributed by atoms with Gasteiger partial charge in [0.1, 0.15) is 0 Å². The van der Waals surface area contributed by atoms with Crippen LogP contribution < -0.4 is 0 Å². The molecule has 0 amide bonds. The van der Waals surface area contributed by atoms with Gasteiger partial charge in [0.2, 0.25) is 0 Å². The van der Waals surface area contributed by atoms with Crippen molar-refractivity contribution in [3.63, 3.8) is 0 Å². The van der Waals surface area contributed by atoms with Crippen LogP contribution in [0.5, 0.6) is 0 Å². The molecule has 2 nitrogen and oxygen atoms in total. The minimum Gasteiger partial charge on any atom is -0.381 e. The lowest BCUT2D eigenvalue weighted by molar-refractivity contribution is 0.193. The fourth-order valence-corrected chi connectivity index (χ4v) is 3.48. The zero-order valence-corrected chi connectivity index (χ0v) is 13.3. The second-order valence-electron chi connectivity index (χ2n) is 7.29. The van der Waals surface area contributed by atoms with Gasteiger partial charge in [-0.2, -0.15) is 0 Å². The van der Waals surface area contributed by atoms with Crippen molar-refractivity contribution in [3.05, 3.63) is 15.6 Å². The molecule has 18 heavy (non-hydrogen) atoms. The van der Waals surface area contributed by atoms with E-state index in [1.807, 2.05) is 11.3 Å². The molecule has 0 spiro atoms. The second-order valence-corrected chi connectivity index (χ2v) is 8.29. The van der Waals surface area contributed by atoms with Gasteiger partial charge in [-0.25, -0.2) is 4.98 Å². The van der Waals surface area contributed by atoms with Crippen molar-refractivity contribution < 1.29 is 4.74 Å². The number of nitrogens with zero attached hydrogens (tertiary/aromatic N) is 1. The van der Waals surface area contributed by atoms with Crippen LogP contribution >= 0.6 is 11.3 Å². The Morgan fingerprint density at radius 2 is 1.78 bits per heavy atom. The summed E-state index contributed by atoms with van der Waals surface area (Å²) >= 11 is 1.89. The maximum Gasteiger partial charge on any atom is 0.0984 e. The largest absolute Gasteiger partial charge is 0.381 e. The maximum absolute atomic E-state index is 5.54. The van der Waals surface area contributed by atoms with Crippen LogP contribution in [0.3, 0.4) is 0 Å². The fourth-order valence-electron chi connectivity index (χ4n) is 2.22. The van der Waals surface area contributed by atoms with Crippen LogP contribution in [0.4, 0.5) is 0 Å². The van der Waals surface area contributed by atoms with Gasteiger partial charge in [-0.15, -0.1) is 11.3 Å². The molecule has 0 bridgehead atoms. The Morgan fingerprint density at radius 3 is 2.22 bits per heavy atom. The van der Waals surface area contributed by atoms with Crippen molar-refractivity contribution in [1.82, 2.24) is 4.98 Å². The minimum absolute atomic E-state index is 0.141. The van der Waals surface area contributed by atoms with E-state index in [0.29, 0.717) is 5.92 Å². The van der Waals surface area contributed by atoms with E-state index in [0.717, 1.165) is 19.6 Å². The quantitative estimate of drug-likeness (QED) is 0.759. The van der Waals surface area contributed by atoms with E-state index in [-0.39, 0.29) is 10.8 Å². The number of ether oxygens (including phenoxy) is 1. The summed E-state index contributed by atoms with van der Waals surface area (Å²) in [4.78, 5) is 6.42. The molecule has 1 atom stereocenters. The molecule has 1 fully saturated rings. The molecule has 0 radical (unpaired) electrons. The Labute approximate surface area is 115 Å². The van der Waals surface area contributed by atoms with Crippen molar-refractivity contribution in [2.24, 2.45) is 0 Å². The highest BCUT2D eigenvalue weighted by atomic mass is 32.1. The van der Waals surface area contributed by atoms with Crippen LogP contribution in [0.25, 0.3) is 0 Å². The van der Waals surface area contributed by atoms with Crippen molar-refractivity contribution in [1.29, 1.82) is 0 Å². The van der Waals surface area contributed by atoms with Crippen LogP contribution in [-0.4, -0.2) is 18.2 Å². The molecule has 1 saturated heterocycles. The summed E-state index contributed by atoms with van der Waals surface area (Å²) in [6, 6.07) is 0. The molecule has 2 rings (SSSR count). The number of rotatable bonds is 1. The van der Waals surface area contributed by atoms with Gasteiger partial charge in [0.05, 0.1) is 17.3 Å². The van der Waals surface area contributed by atoms with Gasteiger partial charge in [-0.05, 0) is 11.8 Å². The molecule has 1 aromatic rings. The van der Waals surface area contributed by atoms with Crippen LogP contribution in [-0.2, 0) is 15.6 Å². The summed E-state index contributed by atoms with van der Waals surface area (Å²) in [5, 5.41) is 1.26. The van der Waals surface area contributed by atoms with Gasteiger partial charge in [0.25, 0.3) is 0 Å². The Kier molecular flexibility index (Phi) is 3.58. The number of aromatic nitrogens is 1. The van der Waals surface area contributed by atoms with E-state index < -0.39 is 0 Å². The number of thiazole rings is 1. The SMILES string of the molecule is CC(C)(C)c1nc(C2CCOC2)c(C(C)(C)C)s1. The first-order valence-electron chi connectivity index (χ1n) is 6.79. The van der Waals surface area contributed by atoms with Gasteiger partial charge >= 0.3 is 0 Å². The molecular weight excluding hydrogens is 242 g/mol. The van der Waals surface area contributed by atoms with E-state index >= 15 is 0 Å². The highest BCUT2D eigenvalue weighted by molar-refractivity contribution is 7.12. The fraction of sp³-hybridized carbons (Fsp3) is 0.800. The van der Waals surface area contributed by atoms with E-state index in [4.69, 9.17) is 9.72 Å². The Bertz CT molecular complexity index is 417. The van der Waals surface area contributed by atoms with E-state index in [1.165, 1.54) is 15.6 Å². The molecule has 1 aliphatic rings. The lowest BCUT2D eigenvalue weighted by atomic mass is 9.89. The molecule has 0 aromatic carbocycles. The zero-order chi connectivity index (χ0) is 13.6. The molecule has 102 valence electrons. The summed E-state index contributed by atoms with van der Waals surface area (Å²) < 4.78 is 5.54. The van der Waals surface area contributed by atoms with E-state index in [2.05, 4.69) is 41.5 Å². The van der Waals surface area contributed by atoms with Gasteiger partial charge in [-0.1, -0.05) is 41.5 Å². The van der Waals surface area contributed by atoms with Crippen LogP contribution in [0.2, 0.25) is 0 Å². The molecule has 0 aliphatic carbocycles. The van der Waals surface area contributed by atoms with Gasteiger partial charge < -0.3 is 4.74 Å². The first kappa shape index (κ1) is 14.0. The monoisotopic (exact) mass is 267 g/mol. The van der Waals surface area contributed by atoms with Crippen LogP contribution in [0, 0.1) is 0 Å². The first-order valence-corrected chi connectivity index (χ1v) is 7.60. The lowest BCUT2D eigenvalue weighted by Crippen LogP contribution is -2.14. The summed E-state index contributed by atoms with van der Waals surface area (Å²) in [6.45, 7) is 15.3. The standard InChI is InChI=1S/C15H25NOS/c1-14(2,3)12-11(10-7-8-17-9-10)16-13(18-12)15(4,5)6/h10H,7-9H2,1-6H3. The topological polar surface area (TPSA) is 22.1 Å². The average molecular weight is 267 g/mol. The molecule has 1 unspecified atom stereocenters.